The van der Waals surface area contributed by atoms with Crippen molar-refractivity contribution in [3.63, 3.8) is 0 Å². The molecule has 0 radical (unpaired) electrons. The van der Waals surface area contributed by atoms with E-state index in [0.717, 1.165) is 0 Å². The molecule has 0 heterocycles. The molecule has 0 aliphatic carbocycles. The van der Waals surface area contributed by atoms with E-state index < -0.39 is 37.9 Å². The molecule has 0 saturated carbocycles. The molecule has 0 aliphatic heterocycles. The molecule has 0 aromatic carbocycles. The summed E-state index contributed by atoms with van der Waals surface area (Å²) in [6, 6.07) is 0. The Balaban J connectivity index is -0.000000605. The Kier molecular flexibility index (Phi) is 11.9. The molecule has 0 aromatic rings. The van der Waals surface area contributed by atoms with Gasteiger partial charge in [0.1, 0.15) is 6.17 Å². The Bertz CT molecular complexity index is 302. The fourth-order valence-corrected chi connectivity index (χ4v) is 1.76. The zero-order chi connectivity index (χ0) is 9.99. The minimum absolute atomic E-state index is 0. The average molecular weight is 266 g/mol. The summed E-state index contributed by atoms with van der Waals surface area (Å²) in [4.78, 5) is 0. The van der Waals surface area contributed by atoms with Gasteiger partial charge in [-0.3, -0.25) is 0 Å². The molecule has 0 rings (SSSR count). The summed E-state index contributed by atoms with van der Waals surface area (Å²) in [6.07, 6.45) is -2.45. The van der Waals surface area contributed by atoms with Gasteiger partial charge in [-0.1, -0.05) is 0 Å². The van der Waals surface area contributed by atoms with E-state index >= 15 is 0 Å². The van der Waals surface area contributed by atoms with Gasteiger partial charge in [0.25, 0.3) is 0 Å². The molecule has 74 valence electrons. The maximum Gasteiger partial charge on any atom is 1.00 e. The summed E-state index contributed by atoms with van der Waals surface area (Å²) >= 11 is 0. The molecule has 14 heavy (non-hydrogen) atoms. The molecule has 0 N–H and O–H groups in total. The minimum atomic E-state index is -4.82. The molecule has 0 amide bonds. The Labute approximate surface area is 126 Å². The van der Waals surface area contributed by atoms with Gasteiger partial charge in [-0.05, 0) is 0 Å². The van der Waals surface area contributed by atoms with E-state index in [1.165, 1.54) is 0 Å². The monoisotopic (exact) mass is 266 g/mol. The normalized spacial score (nSPS) is 11.7. The summed E-state index contributed by atoms with van der Waals surface area (Å²) in [5.41, 5.74) is 0. The zero-order valence-corrected chi connectivity index (χ0v) is 13.3. The SMILES string of the molecule is O=S(=O)([O-])CC(F)CS(=O)(=O)[O-].[Na+].[Na+]. The Hall–Kier alpha value is 1.75. The summed E-state index contributed by atoms with van der Waals surface area (Å²) in [5, 5.41) is 0. The smallest absolute Gasteiger partial charge is 0.748 e. The third-order valence-electron chi connectivity index (χ3n) is 0.770. The van der Waals surface area contributed by atoms with E-state index in [1.807, 2.05) is 0 Å². The van der Waals surface area contributed by atoms with Gasteiger partial charge < -0.3 is 9.11 Å². The summed E-state index contributed by atoms with van der Waals surface area (Å²) in [5.74, 6) is -2.98. The molecule has 6 nitrogen and oxygen atoms in total. The predicted molar refractivity (Wildman–Crippen MR) is 34.0 cm³/mol. The topological polar surface area (TPSA) is 114 Å². The van der Waals surface area contributed by atoms with E-state index in [0.29, 0.717) is 0 Å². The van der Waals surface area contributed by atoms with Crippen LogP contribution in [0, 0.1) is 0 Å². The van der Waals surface area contributed by atoms with Crippen molar-refractivity contribution in [3.05, 3.63) is 0 Å². The van der Waals surface area contributed by atoms with Crippen molar-refractivity contribution in [2.24, 2.45) is 0 Å². The first-order valence-corrected chi connectivity index (χ1v) is 5.77. The average Bonchev–Trinajstić information content (AvgIpc) is 1.49. The molecule has 0 aromatic heterocycles. The molecule has 0 bridgehead atoms. The van der Waals surface area contributed by atoms with Gasteiger partial charge in [-0.15, -0.1) is 0 Å². The predicted octanol–water partition coefficient (Wildman–Crippen LogP) is -7.58. The second-order valence-electron chi connectivity index (χ2n) is 2.05. The van der Waals surface area contributed by atoms with E-state index in [9.17, 15) is 30.3 Å². The van der Waals surface area contributed by atoms with Crippen LogP contribution < -0.4 is 59.1 Å². The zero-order valence-electron chi connectivity index (χ0n) is 7.64. The van der Waals surface area contributed by atoms with Gasteiger partial charge in [0.15, 0.2) is 0 Å². The van der Waals surface area contributed by atoms with Crippen LogP contribution in [0.2, 0.25) is 0 Å². The summed E-state index contributed by atoms with van der Waals surface area (Å²) in [6.45, 7) is 0. The maximum atomic E-state index is 12.2. The summed E-state index contributed by atoms with van der Waals surface area (Å²) in [7, 11) is -9.65. The number of hydrogen-bond donors (Lipinski definition) is 0. The minimum Gasteiger partial charge on any atom is -0.748 e. The maximum absolute atomic E-state index is 12.2. The van der Waals surface area contributed by atoms with Crippen LogP contribution in [-0.2, 0) is 20.2 Å². The number of halogens is 1. The van der Waals surface area contributed by atoms with E-state index in [-0.39, 0.29) is 59.1 Å². The molecule has 0 fully saturated rings. The third kappa shape index (κ3) is 16.2. The number of rotatable bonds is 4. The van der Waals surface area contributed by atoms with Crippen LogP contribution in [0.5, 0.6) is 0 Å². The van der Waals surface area contributed by atoms with Gasteiger partial charge in [0.2, 0.25) is 0 Å². The summed E-state index contributed by atoms with van der Waals surface area (Å²) < 4.78 is 71.2. The largest absolute Gasteiger partial charge is 1.00 e. The molecule has 0 aliphatic rings. The first-order chi connectivity index (χ1) is 5.10. The van der Waals surface area contributed by atoms with E-state index in [2.05, 4.69) is 0 Å². The van der Waals surface area contributed by atoms with Crippen molar-refractivity contribution in [1.29, 1.82) is 0 Å². The second kappa shape index (κ2) is 7.93. The van der Waals surface area contributed by atoms with Crippen LogP contribution in [0.25, 0.3) is 0 Å². The van der Waals surface area contributed by atoms with Gasteiger partial charge in [-0.2, -0.15) is 0 Å². The van der Waals surface area contributed by atoms with Gasteiger partial charge in [-0.25, -0.2) is 21.2 Å². The van der Waals surface area contributed by atoms with Crippen LogP contribution in [0.1, 0.15) is 0 Å². The van der Waals surface area contributed by atoms with Crippen molar-refractivity contribution < 1.29 is 89.4 Å². The molecular weight excluding hydrogens is 261 g/mol. The van der Waals surface area contributed by atoms with Crippen molar-refractivity contribution in [2.75, 3.05) is 11.5 Å². The van der Waals surface area contributed by atoms with Crippen molar-refractivity contribution >= 4 is 20.2 Å². The molecule has 0 unspecified atom stereocenters. The van der Waals surface area contributed by atoms with E-state index in [1.54, 1.807) is 0 Å². The molecule has 0 atom stereocenters. The standard InChI is InChI=1S/C3H7FO6S2.2Na/c4-3(1-11(5,6)7)2-12(8,9)10;;/h3H,1-2H2,(H,5,6,7)(H,8,9,10);;/q;2*+1/p-2. The first-order valence-electron chi connectivity index (χ1n) is 2.61. The van der Waals surface area contributed by atoms with Crippen molar-refractivity contribution in [2.45, 2.75) is 6.17 Å². The van der Waals surface area contributed by atoms with Gasteiger partial charge in [0.05, 0.1) is 31.7 Å². The first kappa shape index (κ1) is 21.1. The van der Waals surface area contributed by atoms with Crippen LogP contribution in [0.15, 0.2) is 0 Å². The van der Waals surface area contributed by atoms with Crippen molar-refractivity contribution in [3.8, 4) is 0 Å². The third-order valence-corrected chi connectivity index (χ3v) is 2.31. The fourth-order valence-electron chi connectivity index (χ4n) is 0.491. The molecular formula is C3H5FNa2O6S2. The number of hydrogen-bond acceptors (Lipinski definition) is 6. The van der Waals surface area contributed by atoms with Crippen molar-refractivity contribution in [1.82, 2.24) is 0 Å². The fraction of sp³-hybridized carbons (Fsp3) is 1.00. The van der Waals surface area contributed by atoms with E-state index in [4.69, 9.17) is 0 Å². The Morgan fingerprint density at radius 3 is 1.29 bits per heavy atom. The van der Waals surface area contributed by atoms with Gasteiger partial charge >= 0.3 is 59.1 Å². The molecule has 0 saturated heterocycles. The van der Waals surface area contributed by atoms with Crippen LogP contribution in [0.4, 0.5) is 4.39 Å². The number of alkyl halides is 1. The Morgan fingerprint density at radius 1 is 0.929 bits per heavy atom. The molecule has 11 heteroatoms. The van der Waals surface area contributed by atoms with Gasteiger partial charge in [0, 0.05) is 0 Å². The van der Waals surface area contributed by atoms with Crippen LogP contribution in [-0.4, -0.2) is 43.6 Å². The molecule has 0 spiro atoms. The quantitative estimate of drug-likeness (QED) is 0.369. The van der Waals surface area contributed by atoms with Crippen LogP contribution >= 0.6 is 0 Å². The Morgan fingerprint density at radius 2 is 1.14 bits per heavy atom. The van der Waals surface area contributed by atoms with Crippen LogP contribution in [0.3, 0.4) is 0 Å². The second-order valence-corrected chi connectivity index (χ2v) is 4.94.